The number of alkyl halides is 5. The van der Waals surface area contributed by atoms with Crippen molar-refractivity contribution in [2.75, 3.05) is 18.8 Å². The zero-order valence-corrected chi connectivity index (χ0v) is 17.0. The third kappa shape index (κ3) is 4.35. The van der Waals surface area contributed by atoms with Gasteiger partial charge in [-0.1, -0.05) is 0 Å². The second kappa shape index (κ2) is 7.79. The number of nitrogens with two attached hydrogens (primary N) is 1. The summed E-state index contributed by atoms with van der Waals surface area (Å²) in [5.74, 6) is 0.687. The fraction of sp³-hybridized carbons (Fsp3) is 0.571. The molecule has 0 spiro atoms. The minimum atomic E-state index is -4.21. The molecule has 2 bridgehead atoms. The van der Waals surface area contributed by atoms with Crippen LogP contribution in [0.1, 0.15) is 49.0 Å². The van der Waals surface area contributed by atoms with Gasteiger partial charge in [0.05, 0.1) is 12.2 Å². The van der Waals surface area contributed by atoms with Gasteiger partial charge in [0, 0.05) is 41.9 Å². The van der Waals surface area contributed by atoms with Crippen LogP contribution in [-0.2, 0) is 0 Å². The molecule has 2 aliphatic carbocycles. The van der Waals surface area contributed by atoms with Crippen LogP contribution >= 0.6 is 0 Å². The zero-order valence-electron chi connectivity index (χ0n) is 17.0. The highest BCUT2D eigenvalue weighted by atomic mass is 19.4. The summed E-state index contributed by atoms with van der Waals surface area (Å²) in [6.45, 7) is -3.53. The predicted molar refractivity (Wildman–Crippen MR) is 105 cm³/mol. The first kappa shape index (κ1) is 21.3. The Morgan fingerprint density at radius 2 is 1.94 bits per heavy atom. The van der Waals surface area contributed by atoms with Crippen molar-refractivity contribution in [2.45, 2.75) is 56.3 Å². The first-order valence-electron chi connectivity index (χ1n) is 10.6. The highest BCUT2D eigenvalue weighted by Crippen LogP contribution is 2.49. The largest absolute Gasteiger partial charge is 0.431 e. The zero-order chi connectivity index (χ0) is 22.6. The topological polar surface area (TPSA) is 77.2 Å². The van der Waals surface area contributed by atoms with Crippen molar-refractivity contribution in [3.8, 4) is 17.0 Å². The minimum Gasteiger partial charge on any atom is -0.431 e. The molecule has 0 aromatic carbocycles. The average Bonchev–Trinajstić information content (AvgIpc) is 3.39. The summed E-state index contributed by atoms with van der Waals surface area (Å²) in [5.41, 5.74) is 7.44. The molecule has 2 aromatic rings. The number of likely N-dealkylation sites (tertiary alicyclic amines) is 1. The Morgan fingerprint density at radius 3 is 2.56 bits per heavy atom. The lowest BCUT2D eigenvalue weighted by Crippen LogP contribution is -2.41. The molecular weight excluding hydrogens is 433 g/mol. The Labute approximate surface area is 181 Å². The number of nitrogen functional groups attached to an aromatic ring is 1. The first-order valence-corrected chi connectivity index (χ1v) is 10.6. The highest BCUT2D eigenvalue weighted by molar-refractivity contribution is 5.64. The van der Waals surface area contributed by atoms with Crippen LogP contribution in [0.4, 0.5) is 27.8 Å². The van der Waals surface area contributed by atoms with Gasteiger partial charge < -0.3 is 10.5 Å². The van der Waals surface area contributed by atoms with Crippen molar-refractivity contribution in [1.29, 1.82) is 0 Å². The summed E-state index contributed by atoms with van der Waals surface area (Å²) in [6, 6.07) is 3.06. The number of hydrogen-bond acceptors (Lipinski definition) is 6. The van der Waals surface area contributed by atoms with E-state index in [1.54, 1.807) is 6.07 Å². The number of pyridine rings is 1. The first-order chi connectivity index (χ1) is 15.2. The molecule has 2 saturated carbocycles. The van der Waals surface area contributed by atoms with E-state index >= 15 is 0 Å². The molecule has 5 rings (SSSR count). The van der Waals surface area contributed by atoms with Crippen LogP contribution in [0.5, 0.6) is 5.75 Å². The fourth-order valence-electron chi connectivity index (χ4n) is 4.96. The average molecular weight is 455 g/mol. The molecule has 3 heterocycles. The number of piperidine rings is 1. The number of aromatic nitrogens is 3. The molecule has 1 aliphatic heterocycles. The molecule has 11 heteroatoms. The number of anilines is 1. The molecule has 2 N–H and O–H groups in total. The van der Waals surface area contributed by atoms with Crippen LogP contribution in [0.25, 0.3) is 11.3 Å². The number of rotatable bonds is 6. The lowest BCUT2D eigenvalue weighted by Gasteiger charge is -2.31. The third-order valence-corrected chi connectivity index (χ3v) is 6.52. The van der Waals surface area contributed by atoms with E-state index in [9.17, 15) is 22.0 Å². The van der Waals surface area contributed by atoms with Gasteiger partial charge in [0.25, 0.3) is 0 Å². The van der Waals surface area contributed by atoms with Crippen molar-refractivity contribution in [3.63, 3.8) is 0 Å². The van der Waals surface area contributed by atoms with E-state index in [0.29, 0.717) is 36.5 Å². The van der Waals surface area contributed by atoms with Gasteiger partial charge in [-0.05, 0) is 43.7 Å². The van der Waals surface area contributed by atoms with Crippen LogP contribution in [-0.4, -0.2) is 51.8 Å². The van der Waals surface area contributed by atoms with Gasteiger partial charge >= 0.3 is 12.8 Å². The van der Waals surface area contributed by atoms with Gasteiger partial charge in [-0.2, -0.15) is 22.0 Å². The Bertz CT molecular complexity index is 1010. The van der Waals surface area contributed by atoms with Gasteiger partial charge in [0.1, 0.15) is 5.82 Å². The molecule has 0 amide bonds. The van der Waals surface area contributed by atoms with Gasteiger partial charge in [0.2, 0.25) is 0 Å². The normalized spacial score (nSPS) is 25.6. The van der Waals surface area contributed by atoms with Crippen LogP contribution in [0, 0.1) is 5.92 Å². The lowest BCUT2D eigenvalue weighted by molar-refractivity contribution is -0.149. The molecule has 0 radical (unpaired) electrons. The van der Waals surface area contributed by atoms with Crippen LogP contribution in [0.15, 0.2) is 18.3 Å². The van der Waals surface area contributed by atoms with Crippen molar-refractivity contribution in [1.82, 2.24) is 19.9 Å². The maximum absolute atomic E-state index is 12.8. The summed E-state index contributed by atoms with van der Waals surface area (Å²) >= 11 is 0. The molecule has 3 fully saturated rings. The molecule has 6 nitrogen and oxygen atoms in total. The third-order valence-electron chi connectivity index (χ3n) is 6.52. The van der Waals surface area contributed by atoms with E-state index in [2.05, 4.69) is 14.7 Å². The van der Waals surface area contributed by atoms with E-state index in [1.807, 2.05) is 0 Å². The van der Waals surface area contributed by atoms with E-state index < -0.39 is 19.3 Å². The number of hydrogen-bond donors (Lipinski definition) is 1. The summed E-state index contributed by atoms with van der Waals surface area (Å²) in [5, 5.41) is 0. The Hall–Kier alpha value is -2.56. The maximum atomic E-state index is 12.8. The number of nitrogens with zero attached hydrogens (tertiary/aromatic N) is 4. The SMILES string of the molecule is Nc1ncc(-c2cc([C@H]3CC4C[C@@H]3CN4CC(F)(F)F)nc(C3CC3)n2)cc1OC(F)F. The number of fused-ring (bicyclic) bond motifs is 2. The van der Waals surface area contributed by atoms with Crippen molar-refractivity contribution >= 4 is 5.82 Å². The smallest absolute Gasteiger partial charge is 0.401 e. The summed E-state index contributed by atoms with van der Waals surface area (Å²) in [7, 11) is 0. The summed E-state index contributed by atoms with van der Waals surface area (Å²) in [4.78, 5) is 14.9. The van der Waals surface area contributed by atoms with Gasteiger partial charge in [-0.15, -0.1) is 0 Å². The highest BCUT2D eigenvalue weighted by Gasteiger charge is 2.48. The molecule has 3 aliphatic rings. The molecule has 1 unspecified atom stereocenters. The van der Waals surface area contributed by atoms with Gasteiger partial charge in [-0.3, -0.25) is 4.90 Å². The lowest BCUT2D eigenvalue weighted by atomic mass is 9.90. The Balaban J connectivity index is 1.44. The number of ether oxygens (including phenoxy) is 1. The minimum absolute atomic E-state index is 0.0438. The van der Waals surface area contributed by atoms with Crippen molar-refractivity contribution in [3.05, 3.63) is 29.8 Å². The second-order valence-corrected chi connectivity index (χ2v) is 8.83. The quantitative estimate of drug-likeness (QED) is 0.653. The number of halogens is 5. The Morgan fingerprint density at radius 1 is 1.16 bits per heavy atom. The van der Waals surface area contributed by atoms with Crippen LogP contribution in [0.2, 0.25) is 0 Å². The molecule has 3 atom stereocenters. The summed E-state index contributed by atoms with van der Waals surface area (Å²) in [6.07, 6.45) is 0.511. The van der Waals surface area contributed by atoms with Crippen LogP contribution in [0.3, 0.4) is 0 Å². The molecule has 1 saturated heterocycles. The molecular formula is C21H22F5N5O. The van der Waals surface area contributed by atoms with E-state index in [4.69, 9.17) is 10.7 Å². The van der Waals surface area contributed by atoms with E-state index in [-0.39, 0.29) is 35.4 Å². The van der Waals surface area contributed by atoms with Crippen LogP contribution < -0.4 is 10.5 Å². The molecule has 32 heavy (non-hydrogen) atoms. The summed E-state index contributed by atoms with van der Waals surface area (Å²) < 4.78 is 68.4. The fourth-order valence-corrected chi connectivity index (χ4v) is 4.96. The predicted octanol–water partition coefficient (Wildman–Crippen LogP) is 4.34. The van der Waals surface area contributed by atoms with Crippen molar-refractivity contribution in [2.24, 2.45) is 5.92 Å². The van der Waals surface area contributed by atoms with Gasteiger partial charge in [-0.25, -0.2) is 15.0 Å². The van der Waals surface area contributed by atoms with Gasteiger partial charge in [0.15, 0.2) is 11.6 Å². The van der Waals surface area contributed by atoms with E-state index in [0.717, 1.165) is 18.5 Å². The molecule has 172 valence electrons. The van der Waals surface area contributed by atoms with E-state index in [1.165, 1.54) is 17.2 Å². The molecule has 2 aromatic heterocycles. The monoisotopic (exact) mass is 455 g/mol. The Kier molecular flexibility index (Phi) is 5.18. The maximum Gasteiger partial charge on any atom is 0.401 e. The second-order valence-electron chi connectivity index (χ2n) is 8.83. The standard InChI is InChI=1S/C21H22F5N5O/c22-20(23)32-17-4-11(7-28-18(17)27)15-6-16(30-19(29-15)10-1-2-10)14-5-13-3-12(14)8-31(13)9-21(24,25)26/h4,6-7,10,12-14,20H,1-3,5,8-9H2,(H2,27,28)/t12-,13?,14+/m1/s1. The van der Waals surface area contributed by atoms with Crippen molar-refractivity contribution < 1.29 is 26.7 Å².